The minimum Gasteiger partial charge on any atom is -0.457 e. The molecule has 0 spiro atoms. The summed E-state index contributed by atoms with van der Waals surface area (Å²) < 4.78 is 49.1. The van der Waals surface area contributed by atoms with E-state index in [0.717, 1.165) is 17.8 Å². The quantitative estimate of drug-likeness (QED) is 0.562. The number of anilines is 2. The van der Waals surface area contributed by atoms with E-state index < -0.39 is 11.7 Å². The van der Waals surface area contributed by atoms with E-state index in [1.807, 2.05) is 24.3 Å². The molecule has 9 heteroatoms. The van der Waals surface area contributed by atoms with E-state index >= 15 is 0 Å². The molecule has 3 aromatic rings. The molecule has 0 saturated carbocycles. The smallest absolute Gasteiger partial charge is 0.417 e. The molecule has 1 aliphatic heterocycles. The Morgan fingerprint density at radius 3 is 2.33 bits per heavy atom. The Hall–Kier alpha value is -3.59. The lowest BCUT2D eigenvalue weighted by Crippen LogP contribution is -2.47. The Labute approximate surface area is 189 Å². The van der Waals surface area contributed by atoms with Gasteiger partial charge in [0.1, 0.15) is 23.9 Å². The number of carbonyl (C=O) groups is 1. The lowest BCUT2D eigenvalue weighted by atomic mass is 10.0. The number of benzene rings is 2. The third-order valence-electron chi connectivity index (χ3n) is 5.32. The van der Waals surface area contributed by atoms with Crippen molar-refractivity contribution in [3.63, 3.8) is 0 Å². The van der Waals surface area contributed by atoms with E-state index in [4.69, 9.17) is 9.47 Å². The molecule has 172 valence electrons. The van der Waals surface area contributed by atoms with Crippen LogP contribution < -0.4 is 10.1 Å². The van der Waals surface area contributed by atoms with Gasteiger partial charge in [0.2, 0.25) is 5.91 Å². The van der Waals surface area contributed by atoms with Crippen molar-refractivity contribution in [1.29, 1.82) is 0 Å². The van der Waals surface area contributed by atoms with Crippen molar-refractivity contribution in [2.75, 3.05) is 25.6 Å². The third kappa shape index (κ3) is 5.81. The minimum atomic E-state index is -4.41. The van der Waals surface area contributed by atoms with E-state index in [-0.39, 0.29) is 18.6 Å². The lowest BCUT2D eigenvalue weighted by molar-refractivity contribution is -0.145. The fourth-order valence-electron chi connectivity index (χ4n) is 3.39. The van der Waals surface area contributed by atoms with Gasteiger partial charge >= 0.3 is 6.18 Å². The van der Waals surface area contributed by atoms with Crippen molar-refractivity contribution < 1.29 is 27.4 Å². The number of likely N-dealkylation sites (N-methyl/N-ethyl adjacent to an activating group) is 1. The van der Waals surface area contributed by atoms with Gasteiger partial charge in [-0.05, 0) is 60.5 Å². The first-order valence-corrected chi connectivity index (χ1v) is 10.3. The molecule has 0 aliphatic carbocycles. The van der Waals surface area contributed by atoms with Crippen LogP contribution in [0.25, 0.3) is 0 Å². The summed E-state index contributed by atoms with van der Waals surface area (Å²) in [6.45, 7) is 0.651. The molecule has 1 saturated heterocycles. The molecule has 6 nitrogen and oxygen atoms in total. The van der Waals surface area contributed by atoms with E-state index in [9.17, 15) is 18.0 Å². The van der Waals surface area contributed by atoms with E-state index in [1.54, 1.807) is 36.2 Å². The molecule has 2 aromatic carbocycles. The van der Waals surface area contributed by atoms with E-state index in [1.165, 1.54) is 6.07 Å². The summed E-state index contributed by atoms with van der Waals surface area (Å²) in [4.78, 5) is 17.3. The van der Waals surface area contributed by atoms with Crippen LogP contribution in [0.5, 0.6) is 11.5 Å². The molecule has 4 rings (SSSR count). The standard InChI is InChI=1S/C24H22F3N3O3/c1-30-19(14-32-15-23(30)31)12-16-2-7-20(8-3-16)33-21-9-5-18(6-10-21)29-22-11-4-17(13-28-22)24(25,26)27/h2-11,13,19H,12,14-15H2,1H3,(H,28,29). The summed E-state index contributed by atoms with van der Waals surface area (Å²) >= 11 is 0. The van der Waals surface area contributed by atoms with Crippen molar-refractivity contribution in [3.8, 4) is 11.5 Å². The van der Waals surface area contributed by atoms with Gasteiger partial charge in [0.05, 0.1) is 18.2 Å². The van der Waals surface area contributed by atoms with Gasteiger partial charge < -0.3 is 19.7 Å². The molecule has 2 heterocycles. The molecular formula is C24H22F3N3O3. The number of amides is 1. The van der Waals surface area contributed by atoms with Crippen molar-refractivity contribution >= 4 is 17.4 Å². The average Bonchev–Trinajstić information content (AvgIpc) is 2.79. The summed E-state index contributed by atoms with van der Waals surface area (Å²) in [6, 6.07) is 16.9. The first kappa shape index (κ1) is 22.6. The van der Waals surface area contributed by atoms with Gasteiger partial charge in [0.15, 0.2) is 0 Å². The van der Waals surface area contributed by atoms with Crippen molar-refractivity contribution in [1.82, 2.24) is 9.88 Å². The van der Waals surface area contributed by atoms with Gasteiger partial charge in [0.25, 0.3) is 0 Å². The van der Waals surface area contributed by atoms with Crippen LogP contribution >= 0.6 is 0 Å². The third-order valence-corrected chi connectivity index (χ3v) is 5.32. The molecule has 1 unspecified atom stereocenters. The Morgan fingerprint density at radius 2 is 1.73 bits per heavy atom. The van der Waals surface area contributed by atoms with Crippen molar-refractivity contribution in [2.45, 2.75) is 18.6 Å². The second-order valence-corrected chi connectivity index (χ2v) is 7.70. The maximum atomic E-state index is 12.6. The van der Waals surface area contributed by atoms with E-state index in [2.05, 4.69) is 10.3 Å². The van der Waals surface area contributed by atoms with Gasteiger partial charge in [-0.2, -0.15) is 13.2 Å². The number of alkyl halides is 3. The van der Waals surface area contributed by atoms with Gasteiger partial charge in [-0.25, -0.2) is 4.98 Å². The highest BCUT2D eigenvalue weighted by molar-refractivity contribution is 5.78. The van der Waals surface area contributed by atoms with Crippen LogP contribution in [0, 0.1) is 0 Å². The zero-order chi connectivity index (χ0) is 23.4. The van der Waals surface area contributed by atoms with Crippen LogP contribution in [-0.4, -0.2) is 42.1 Å². The number of halogens is 3. The number of hydrogen-bond acceptors (Lipinski definition) is 5. The van der Waals surface area contributed by atoms with Gasteiger partial charge in [-0.3, -0.25) is 4.79 Å². The Balaban J connectivity index is 1.33. The number of aromatic nitrogens is 1. The molecule has 1 atom stereocenters. The molecule has 1 fully saturated rings. The highest BCUT2D eigenvalue weighted by atomic mass is 19.4. The van der Waals surface area contributed by atoms with Crippen LogP contribution in [0.4, 0.5) is 24.7 Å². The molecule has 33 heavy (non-hydrogen) atoms. The number of pyridine rings is 1. The molecule has 1 amide bonds. The fraction of sp³-hybridized carbons (Fsp3) is 0.250. The number of ether oxygens (including phenoxy) is 2. The summed E-state index contributed by atoms with van der Waals surface area (Å²) in [5.74, 6) is 1.56. The predicted molar refractivity (Wildman–Crippen MR) is 117 cm³/mol. The Bertz CT molecular complexity index is 1090. The number of morpholine rings is 1. The van der Waals surface area contributed by atoms with Crippen LogP contribution in [0.15, 0.2) is 66.9 Å². The van der Waals surface area contributed by atoms with Gasteiger partial charge in [0, 0.05) is 18.9 Å². The average molecular weight is 457 g/mol. The highest BCUT2D eigenvalue weighted by Gasteiger charge is 2.30. The lowest BCUT2D eigenvalue weighted by Gasteiger charge is -2.32. The number of rotatable bonds is 6. The van der Waals surface area contributed by atoms with Crippen LogP contribution in [-0.2, 0) is 22.1 Å². The first-order valence-electron chi connectivity index (χ1n) is 10.3. The normalized spacial score (nSPS) is 16.5. The van der Waals surface area contributed by atoms with Crippen molar-refractivity contribution in [2.24, 2.45) is 0 Å². The summed E-state index contributed by atoms with van der Waals surface area (Å²) in [6.07, 6.45) is -2.93. The summed E-state index contributed by atoms with van der Waals surface area (Å²) in [5.41, 5.74) is 0.940. The Morgan fingerprint density at radius 1 is 1.06 bits per heavy atom. The number of hydrogen-bond donors (Lipinski definition) is 1. The largest absolute Gasteiger partial charge is 0.457 e. The molecule has 0 bridgehead atoms. The van der Waals surface area contributed by atoms with E-state index in [0.29, 0.717) is 36.0 Å². The van der Waals surface area contributed by atoms with Crippen LogP contribution in [0.1, 0.15) is 11.1 Å². The molecule has 0 radical (unpaired) electrons. The predicted octanol–water partition coefficient (Wildman–Crippen LogP) is 5.04. The zero-order valence-electron chi connectivity index (χ0n) is 17.8. The second kappa shape index (κ2) is 9.50. The zero-order valence-corrected chi connectivity index (χ0v) is 17.8. The Kier molecular flexibility index (Phi) is 6.50. The minimum absolute atomic E-state index is 0.0113. The number of nitrogens with one attached hydrogen (secondary N) is 1. The molecule has 1 aliphatic rings. The summed E-state index contributed by atoms with van der Waals surface area (Å²) in [5, 5.41) is 2.95. The number of nitrogens with zero attached hydrogens (tertiary/aromatic N) is 2. The van der Waals surface area contributed by atoms with Crippen LogP contribution in [0.3, 0.4) is 0 Å². The fourth-order valence-corrected chi connectivity index (χ4v) is 3.39. The maximum absolute atomic E-state index is 12.6. The topological polar surface area (TPSA) is 63.7 Å². The monoisotopic (exact) mass is 457 g/mol. The molecular weight excluding hydrogens is 435 g/mol. The van der Waals surface area contributed by atoms with Gasteiger partial charge in [-0.15, -0.1) is 0 Å². The summed E-state index contributed by atoms with van der Waals surface area (Å²) in [7, 11) is 1.79. The highest BCUT2D eigenvalue weighted by Crippen LogP contribution is 2.30. The van der Waals surface area contributed by atoms with Crippen molar-refractivity contribution in [3.05, 3.63) is 78.0 Å². The van der Waals surface area contributed by atoms with Crippen LogP contribution in [0.2, 0.25) is 0 Å². The second-order valence-electron chi connectivity index (χ2n) is 7.70. The molecule has 1 aromatic heterocycles. The molecule has 1 N–H and O–H groups in total. The maximum Gasteiger partial charge on any atom is 0.417 e. The number of carbonyl (C=O) groups excluding carboxylic acids is 1. The first-order chi connectivity index (χ1) is 15.8. The van der Waals surface area contributed by atoms with Gasteiger partial charge in [-0.1, -0.05) is 12.1 Å². The SMILES string of the molecule is CN1C(=O)COCC1Cc1ccc(Oc2ccc(Nc3ccc(C(F)(F)F)cn3)cc2)cc1.